The van der Waals surface area contributed by atoms with Crippen LogP contribution in [0.1, 0.15) is 36.8 Å². The van der Waals surface area contributed by atoms with Crippen molar-refractivity contribution < 1.29 is 64.4 Å². The first-order valence-electron chi connectivity index (χ1n) is 24.4. The van der Waals surface area contributed by atoms with E-state index < -0.39 is 35.4 Å². The second-order valence-corrected chi connectivity index (χ2v) is 18.2. The molecule has 22 nitrogen and oxygen atoms in total. The van der Waals surface area contributed by atoms with Crippen molar-refractivity contribution in [3.63, 3.8) is 0 Å². The zero-order valence-corrected chi connectivity index (χ0v) is 44.8. The summed E-state index contributed by atoms with van der Waals surface area (Å²) >= 11 is 5.94. The predicted molar refractivity (Wildman–Crippen MR) is 287 cm³/mol. The van der Waals surface area contributed by atoms with Crippen molar-refractivity contribution in [2.75, 3.05) is 71.3 Å². The Bertz CT molecular complexity index is 3530. The van der Waals surface area contributed by atoms with Gasteiger partial charge < -0.3 is 69.9 Å². The van der Waals surface area contributed by atoms with E-state index in [1.165, 1.54) is 61.1 Å². The van der Waals surface area contributed by atoms with Crippen molar-refractivity contribution in [1.82, 2.24) is 44.4 Å². The van der Waals surface area contributed by atoms with E-state index in [-0.39, 0.29) is 45.9 Å². The van der Waals surface area contributed by atoms with Crippen molar-refractivity contribution in [2.45, 2.75) is 50.1 Å². The predicted octanol–water partition coefficient (Wildman–Crippen LogP) is 8.54. The van der Waals surface area contributed by atoms with Crippen LogP contribution < -0.4 is 60.7 Å². The Morgan fingerprint density at radius 2 is 1.09 bits per heavy atom. The standard InChI is InChI=1S/C26H26F3N7O4.C21H17ClF3N5O3.C5H10N2O/c1-38-19-10-15(11-20(39-2)22(19)40-3)35-12-21(31-13-35)33-24-16-7-6-14(26(27,28)29)9-17(16)32-25(34-24)36-8-4-5-18(36)23(30)37;1-31-15-7-12(8-16(32-2)18(15)33-3)30-9-17(26-10-30)28-19-13-5-4-11(21(23,24)25)6-14(13)27-20(22)29-19;6-5(8)4-2-1-3-7-4/h6-7,9-13,18H,4-5,8H2,1-3H3,(H2,30,37)(H,32,33,34);4-10H,1-3H3,(H,27,28,29);4,7H,1-3H2,(H2,6,8)/t18-;;4-/m1.1/s1. The number of anilines is 5. The van der Waals surface area contributed by atoms with Gasteiger partial charge >= 0.3 is 12.4 Å². The minimum atomic E-state index is -4.56. The number of halogens is 7. The molecule has 2 atom stereocenters. The molecule has 2 amide bonds. The van der Waals surface area contributed by atoms with Gasteiger partial charge in [-0.05, 0) is 80.2 Å². The number of carbonyl (C=O) groups excluding carboxylic acids is 2. The number of hydrogen-bond donors (Lipinski definition) is 5. The first kappa shape index (κ1) is 58.1. The van der Waals surface area contributed by atoms with Gasteiger partial charge in [0.2, 0.25) is 34.5 Å². The van der Waals surface area contributed by atoms with Crippen LogP contribution in [0.25, 0.3) is 33.2 Å². The molecule has 81 heavy (non-hydrogen) atoms. The van der Waals surface area contributed by atoms with Crippen molar-refractivity contribution >= 4 is 74.4 Å². The minimum Gasteiger partial charge on any atom is -0.493 e. The third kappa shape index (κ3) is 13.2. The second-order valence-electron chi connectivity index (χ2n) is 17.8. The Kier molecular flexibility index (Phi) is 17.6. The molecule has 2 aliphatic heterocycles. The van der Waals surface area contributed by atoms with Gasteiger partial charge in [-0.15, -0.1) is 0 Å². The number of rotatable bonds is 15. The molecule has 0 aliphatic carbocycles. The molecule has 0 bridgehead atoms. The monoisotopic (exact) mass is 1150 g/mol. The fourth-order valence-electron chi connectivity index (χ4n) is 8.85. The third-order valence-corrected chi connectivity index (χ3v) is 13.0. The summed E-state index contributed by atoms with van der Waals surface area (Å²) in [6.45, 7) is 1.38. The lowest BCUT2D eigenvalue weighted by Crippen LogP contribution is -2.41. The molecular formula is C52H53ClF6N14O8. The molecule has 2 aliphatic rings. The van der Waals surface area contributed by atoms with E-state index in [4.69, 9.17) is 51.5 Å². The number of fused-ring (bicyclic) bond motifs is 2. The minimum absolute atomic E-state index is 0.0463. The summed E-state index contributed by atoms with van der Waals surface area (Å²) in [5.41, 5.74) is 10.3. The van der Waals surface area contributed by atoms with E-state index in [1.807, 2.05) is 0 Å². The number of nitrogens with two attached hydrogens (primary N) is 2. The molecule has 8 aromatic rings. The summed E-state index contributed by atoms with van der Waals surface area (Å²) < 4.78 is 115. The van der Waals surface area contributed by atoms with Gasteiger partial charge in [0.25, 0.3) is 0 Å². The van der Waals surface area contributed by atoms with Crippen molar-refractivity contribution in [2.24, 2.45) is 11.5 Å². The highest BCUT2D eigenvalue weighted by molar-refractivity contribution is 6.28. The van der Waals surface area contributed by atoms with E-state index in [9.17, 15) is 35.9 Å². The number of amides is 2. The van der Waals surface area contributed by atoms with Gasteiger partial charge in [0.1, 0.15) is 42.0 Å². The quantitative estimate of drug-likeness (QED) is 0.0475. The van der Waals surface area contributed by atoms with Gasteiger partial charge in [-0.2, -0.15) is 36.3 Å². The Morgan fingerprint density at radius 1 is 0.617 bits per heavy atom. The summed E-state index contributed by atoms with van der Waals surface area (Å²) in [6, 6.07) is 12.6. The third-order valence-electron chi connectivity index (χ3n) is 12.8. The molecule has 0 radical (unpaired) electrons. The van der Waals surface area contributed by atoms with Crippen molar-refractivity contribution in [3.8, 4) is 45.9 Å². The summed E-state index contributed by atoms with van der Waals surface area (Å²) in [7, 11) is 9.05. The van der Waals surface area contributed by atoms with Gasteiger partial charge in [-0.3, -0.25) is 9.59 Å². The number of alkyl halides is 6. The number of benzene rings is 4. The number of primary amides is 2. The van der Waals surface area contributed by atoms with Crippen molar-refractivity contribution in [3.05, 3.63) is 102 Å². The molecule has 4 aromatic carbocycles. The first-order chi connectivity index (χ1) is 38.7. The van der Waals surface area contributed by atoms with Crippen LogP contribution in [-0.4, -0.2) is 119 Å². The normalized spacial score (nSPS) is 15.0. The van der Waals surface area contributed by atoms with Gasteiger partial charge in [-0.1, -0.05) is 0 Å². The summed E-state index contributed by atoms with van der Waals surface area (Å²) in [5.74, 6) is 3.19. The highest BCUT2D eigenvalue weighted by Crippen LogP contribution is 2.42. The van der Waals surface area contributed by atoms with Gasteiger partial charge in [0.05, 0.1) is 94.6 Å². The molecule has 29 heteroatoms. The second kappa shape index (κ2) is 24.5. The fraction of sp³-hybridized carbons (Fsp3) is 0.308. The number of carbonyl (C=O) groups is 2. The van der Waals surface area contributed by atoms with Crippen LogP contribution in [-0.2, 0) is 21.9 Å². The molecule has 0 unspecified atom stereocenters. The number of nitrogens with zero attached hydrogens (tertiary/aromatic N) is 9. The average molecular weight is 1150 g/mol. The molecular weight excluding hydrogens is 1100 g/mol. The van der Waals surface area contributed by atoms with Crippen LogP contribution in [0.4, 0.5) is 55.6 Å². The molecule has 428 valence electrons. The smallest absolute Gasteiger partial charge is 0.416 e. The summed E-state index contributed by atoms with van der Waals surface area (Å²) in [5, 5.41) is 9.55. The topological polar surface area (TPSA) is 268 Å². The fourth-order valence-corrected chi connectivity index (χ4v) is 9.03. The van der Waals surface area contributed by atoms with E-state index in [1.54, 1.807) is 57.0 Å². The lowest BCUT2D eigenvalue weighted by atomic mass is 10.1. The lowest BCUT2D eigenvalue weighted by molar-refractivity contribution is -0.138. The summed E-state index contributed by atoms with van der Waals surface area (Å²) in [6.07, 6.45) is 0.499. The Balaban J connectivity index is 0.000000189. The highest BCUT2D eigenvalue weighted by atomic mass is 35.5. The molecule has 4 aromatic heterocycles. The number of imidazole rings is 2. The number of hydrogen-bond acceptors (Lipinski definition) is 18. The van der Waals surface area contributed by atoms with Crippen LogP contribution in [0.3, 0.4) is 0 Å². The van der Waals surface area contributed by atoms with Crippen LogP contribution in [0.15, 0.2) is 85.7 Å². The Hall–Kier alpha value is -9.05. The SMILES string of the molecule is COc1cc(-n2cnc(Nc3nc(Cl)nc4cc(C(F)(F)F)ccc34)c2)cc(OC)c1OC.COc1cc(-n2cnc(Nc3nc(N4CCC[C@@H]4C(N)=O)nc4cc(C(F)(F)F)ccc34)c2)cc(OC)c1OC.NC(=O)[C@H]1CCCN1. The van der Waals surface area contributed by atoms with Gasteiger partial charge in [0.15, 0.2) is 23.0 Å². The molecule has 6 heterocycles. The van der Waals surface area contributed by atoms with E-state index >= 15 is 0 Å². The van der Waals surface area contributed by atoms with Crippen LogP contribution >= 0.6 is 11.6 Å². The molecule has 2 saturated heterocycles. The first-order valence-corrected chi connectivity index (χ1v) is 24.8. The Morgan fingerprint density at radius 3 is 1.48 bits per heavy atom. The van der Waals surface area contributed by atoms with E-state index in [2.05, 4.69) is 45.9 Å². The molecule has 7 N–H and O–H groups in total. The Labute approximate surface area is 462 Å². The zero-order valence-electron chi connectivity index (χ0n) is 44.1. The largest absolute Gasteiger partial charge is 0.493 e. The number of nitrogens with one attached hydrogen (secondary N) is 3. The average Bonchev–Trinajstić information content (AvgIpc) is 4.38. The van der Waals surface area contributed by atoms with E-state index in [0.717, 1.165) is 43.7 Å². The van der Waals surface area contributed by atoms with E-state index in [0.29, 0.717) is 87.7 Å². The van der Waals surface area contributed by atoms with Crippen LogP contribution in [0.5, 0.6) is 34.5 Å². The molecule has 0 saturated carbocycles. The van der Waals surface area contributed by atoms with Crippen LogP contribution in [0.2, 0.25) is 5.28 Å². The molecule has 2 fully saturated rings. The zero-order chi connectivity index (χ0) is 58.3. The number of methoxy groups -OCH3 is 6. The maximum absolute atomic E-state index is 13.5. The van der Waals surface area contributed by atoms with Crippen molar-refractivity contribution in [1.29, 1.82) is 0 Å². The van der Waals surface area contributed by atoms with Crippen LogP contribution in [0, 0.1) is 0 Å². The maximum Gasteiger partial charge on any atom is 0.416 e. The van der Waals surface area contributed by atoms with Gasteiger partial charge in [-0.25, -0.2) is 19.9 Å². The number of aromatic nitrogens is 8. The highest BCUT2D eigenvalue weighted by Gasteiger charge is 2.34. The van der Waals surface area contributed by atoms with Gasteiger partial charge in [0, 0.05) is 41.6 Å². The lowest BCUT2D eigenvalue weighted by Gasteiger charge is -2.23. The molecule has 10 rings (SSSR count). The summed E-state index contributed by atoms with van der Waals surface area (Å²) in [4.78, 5) is 49.6. The molecule has 0 spiro atoms. The maximum atomic E-state index is 13.5. The number of ether oxygens (including phenoxy) is 6.